The summed E-state index contributed by atoms with van der Waals surface area (Å²) in [7, 11) is 0. The molecule has 2 aromatic rings. The summed E-state index contributed by atoms with van der Waals surface area (Å²) in [5.74, 6) is 0.660. The van der Waals surface area contributed by atoms with E-state index in [1.807, 2.05) is 25.1 Å². The number of nitrogen functional groups attached to an aromatic ring is 1. The van der Waals surface area contributed by atoms with Crippen molar-refractivity contribution in [3.63, 3.8) is 0 Å². The zero-order valence-electron chi connectivity index (χ0n) is 10.3. The molecule has 0 saturated heterocycles. The van der Waals surface area contributed by atoms with Crippen molar-refractivity contribution >= 4 is 27.5 Å². The third-order valence-corrected chi connectivity index (χ3v) is 3.15. The fourth-order valence-electron chi connectivity index (χ4n) is 1.67. The second kappa shape index (κ2) is 5.32. The topological polar surface area (TPSA) is 78.3 Å². The van der Waals surface area contributed by atoms with Crippen molar-refractivity contribution < 1.29 is 9.53 Å². The van der Waals surface area contributed by atoms with E-state index in [2.05, 4.69) is 15.9 Å². The molecule has 1 amide bonds. The first-order valence-electron chi connectivity index (χ1n) is 5.60. The zero-order valence-corrected chi connectivity index (χ0v) is 11.9. The van der Waals surface area contributed by atoms with Gasteiger partial charge in [0, 0.05) is 10.2 Å². The van der Waals surface area contributed by atoms with Gasteiger partial charge in [-0.15, -0.1) is 0 Å². The molecule has 19 heavy (non-hydrogen) atoms. The van der Waals surface area contributed by atoms with Crippen molar-refractivity contribution in [1.29, 1.82) is 0 Å². The first-order chi connectivity index (χ1) is 8.97. The molecule has 0 bridgehead atoms. The number of rotatable bonds is 3. The minimum Gasteiger partial charge on any atom is -0.457 e. The second-order valence-electron chi connectivity index (χ2n) is 4.13. The quantitative estimate of drug-likeness (QED) is 0.852. The van der Waals surface area contributed by atoms with Gasteiger partial charge in [0.2, 0.25) is 0 Å². The maximum Gasteiger partial charge on any atom is 0.250 e. The SMILES string of the molecule is Cc1cc(Br)ccc1Oc1ccc(N)c(C(N)=O)c1. The van der Waals surface area contributed by atoms with Crippen molar-refractivity contribution in [2.24, 2.45) is 5.73 Å². The Hall–Kier alpha value is -2.01. The molecule has 2 aromatic carbocycles. The van der Waals surface area contributed by atoms with E-state index in [1.54, 1.807) is 18.2 Å². The average molecular weight is 321 g/mol. The Kier molecular flexibility index (Phi) is 3.76. The summed E-state index contributed by atoms with van der Waals surface area (Å²) in [5.41, 5.74) is 12.5. The maximum absolute atomic E-state index is 11.2. The summed E-state index contributed by atoms with van der Waals surface area (Å²) in [6.45, 7) is 1.94. The summed E-state index contributed by atoms with van der Waals surface area (Å²) in [6.07, 6.45) is 0. The minimum absolute atomic E-state index is 0.257. The molecule has 0 radical (unpaired) electrons. The normalized spacial score (nSPS) is 10.2. The number of anilines is 1. The first-order valence-corrected chi connectivity index (χ1v) is 6.40. The summed E-state index contributed by atoms with van der Waals surface area (Å²) >= 11 is 3.39. The van der Waals surface area contributed by atoms with Crippen LogP contribution < -0.4 is 16.2 Å². The van der Waals surface area contributed by atoms with Crippen LogP contribution in [0, 0.1) is 6.92 Å². The van der Waals surface area contributed by atoms with Gasteiger partial charge in [0.05, 0.1) is 5.56 Å². The molecule has 0 spiro atoms. The number of halogens is 1. The number of hydrogen-bond acceptors (Lipinski definition) is 3. The second-order valence-corrected chi connectivity index (χ2v) is 5.04. The molecule has 0 saturated carbocycles. The number of carbonyl (C=O) groups excluding carboxylic acids is 1. The van der Waals surface area contributed by atoms with Gasteiger partial charge in [0.25, 0.3) is 5.91 Å². The predicted octanol–water partition coefficient (Wildman–Crippen LogP) is 3.23. The van der Waals surface area contributed by atoms with Crippen LogP contribution in [0.1, 0.15) is 15.9 Å². The summed E-state index contributed by atoms with van der Waals surface area (Å²) < 4.78 is 6.70. The molecule has 0 aromatic heterocycles. The molecule has 0 aliphatic heterocycles. The van der Waals surface area contributed by atoms with Crippen LogP contribution in [-0.2, 0) is 0 Å². The van der Waals surface area contributed by atoms with Gasteiger partial charge in [-0.05, 0) is 48.9 Å². The summed E-state index contributed by atoms with van der Waals surface area (Å²) in [6, 6.07) is 10.5. The lowest BCUT2D eigenvalue weighted by molar-refractivity contribution is 0.100. The van der Waals surface area contributed by atoms with Gasteiger partial charge in [0.15, 0.2) is 0 Å². The van der Waals surface area contributed by atoms with Gasteiger partial charge in [-0.25, -0.2) is 0 Å². The van der Waals surface area contributed by atoms with Gasteiger partial charge < -0.3 is 16.2 Å². The number of aryl methyl sites for hydroxylation is 1. The Bertz CT molecular complexity index is 641. The van der Waals surface area contributed by atoms with Crippen LogP contribution in [0.25, 0.3) is 0 Å². The highest BCUT2D eigenvalue weighted by molar-refractivity contribution is 9.10. The van der Waals surface area contributed by atoms with Gasteiger partial charge in [-0.1, -0.05) is 15.9 Å². The lowest BCUT2D eigenvalue weighted by atomic mass is 10.1. The monoisotopic (exact) mass is 320 g/mol. The van der Waals surface area contributed by atoms with Gasteiger partial charge in [-0.3, -0.25) is 4.79 Å². The fourth-order valence-corrected chi connectivity index (χ4v) is 2.14. The molecular formula is C14H13BrN2O2. The molecule has 0 unspecified atom stereocenters. The van der Waals surface area contributed by atoms with E-state index in [0.29, 0.717) is 17.2 Å². The van der Waals surface area contributed by atoms with Crippen LogP contribution in [0.2, 0.25) is 0 Å². The number of hydrogen-bond donors (Lipinski definition) is 2. The Morgan fingerprint density at radius 3 is 2.58 bits per heavy atom. The molecule has 4 nitrogen and oxygen atoms in total. The lowest BCUT2D eigenvalue weighted by Crippen LogP contribution is -2.13. The Morgan fingerprint density at radius 1 is 1.21 bits per heavy atom. The van der Waals surface area contributed by atoms with E-state index in [-0.39, 0.29) is 5.56 Å². The molecule has 0 heterocycles. The van der Waals surface area contributed by atoms with Crippen molar-refractivity contribution in [2.45, 2.75) is 6.92 Å². The lowest BCUT2D eigenvalue weighted by Gasteiger charge is -2.10. The molecule has 0 fully saturated rings. The van der Waals surface area contributed by atoms with Crippen LogP contribution in [0.5, 0.6) is 11.5 Å². The van der Waals surface area contributed by atoms with Crippen molar-refractivity contribution in [2.75, 3.05) is 5.73 Å². The third-order valence-electron chi connectivity index (χ3n) is 2.66. The minimum atomic E-state index is -0.574. The van der Waals surface area contributed by atoms with E-state index in [4.69, 9.17) is 16.2 Å². The summed E-state index contributed by atoms with van der Waals surface area (Å²) in [4.78, 5) is 11.2. The Balaban J connectivity index is 2.33. The molecule has 4 N–H and O–H groups in total. The smallest absolute Gasteiger partial charge is 0.250 e. The number of benzene rings is 2. The standard InChI is InChI=1S/C14H13BrN2O2/c1-8-6-9(15)2-5-13(8)19-10-3-4-12(16)11(7-10)14(17)18/h2-7H,16H2,1H3,(H2,17,18). The zero-order chi connectivity index (χ0) is 14.0. The van der Waals surface area contributed by atoms with Crippen molar-refractivity contribution in [3.8, 4) is 11.5 Å². The average Bonchev–Trinajstić information content (AvgIpc) is 2.34. The van der Waals surface area contributed by atoms with Crippen LogP contribution in [0.4, 0.5) is 5.69 Å². The molecule has 98 valence electrons. The number of primary amides is 1. The van der Waals surface area contributed by atoms with Gasteiger partial charge in [0.1, 0.15) is 11.5 Å². The first kappa shape index (κ1) is 13.4. The number of carbonyl (C=O) groups is 1. The van der Waals surface area contributed by atoms with E-state index in [1.165, 1.54) is 0 Å². The molecular weight excluding hydrogens is 308 g/mol. The van der Waals surface area contributed by atoms with E-state index >= 15 is 0 Å². The van der Waals surface area contributed by atoms with E-state index < -0.39 is 5.91 Å². The number of ether oxygens (including phenoxy) is 1. The van der Waals surface area contributed by atoms with Crippen LogP contribution in [-0.4, -0.2) is 5.91 Å². The van der Waals surface area contributed by atoms with Crippen LogP contribution in [0.15, 0.2) is 40.9 Å². The van der Waals surface area contributed by atoms with Crippen molar-refractivity contribution in [3.05, 3.63) is 52.0 Å². The van der Waals surface area contributed by atoms with Crippen molar-refractivity contribution in [1.82, 2.24) is 0 Å². The van der Waals surface area contributed by atoms with Gasteiger partial charge in [-0.2, -0.15) is 0 Å². The molecule has 5 heteroatoms. The highest BCUT2D eigenvalue weighted by atomic mass is 79.9. The maximum atomic E-state index is 11.2. The molecule has 0 aliphatic carbocycles. The Morgan fingerprint density at radius 2 is 1.95 bits per heavy atom. The van der Waals surface area contributed by atoms with E-state index in [0.717, 1.165) is 10.0 Å². The molecule has 0 aliphatic rings. The van der Waals surface area contributed by atoms with E-state index in [9.17, 15) is 4.79 Å². The predicted molar refractivity (Wildman–Crippen MR) is 78.3 cm³/mol. The molecule has 0 atom stereocenters. The highest BCUT2D eigenvalue weighted by Gasteiger charge is 2.09. The van der Waals surface area contributed by atoms with Crippen LogP contribution in [0.3, 0.4) is 0 Å². The van der Waals surface area contributed by atoms with Crippen LogP contribution >= 0.6 is 15.9 Å². The molecule has 2 rings (SSSR count). The third kappa shape index (κ3) is 3.06. The Labute approximate surface area is 119 Å². The summed E-state index contributed by atoms with van der Waals surface area (Å²) in [5, 5.41) is 0. The largest absolute Gasteiger partial charge is 0.457 e. The highest BCUT2D eigenvalue weighted by Crippen LogP contribution is 2.29. The number of nitrogens with two attached hydrogens (primary N) is 2. The number of amides is 1. The van der Waals surface area contributed by atoms with Gasteiger partial charge >= 0.3 is 0 Å². The fraction of sp³-hybridized carbons (Fsp3) is 0.0714.